The first-order valence-electron chi connectivity index (χ1n) is 8.75. The minimum absolute atomic E-state index is 0.104. The van der Waals surface area contributed by atoms with Crippen molar-refractivity contribution in [3.63, 3.8) is 0 Å². The third kappa shape index (κ3) is 4.36. The molecule has 2 fully saturated rings. The maximum Gasteiger partial charge on any atom is 0.251 e. The third-order valence-electron chi connectivity index (χ3n) is 4.82. The summed E-state index contributed by atoms with van der Waals surface area (Å²) < 4.78 is 0. The third-order valence-corrected chi connectivity index (χ3v) is 4.82. The summed E-state index contributed by atoms with van der Waals surface area (Å²) in [4.78, 5) is 38.9. The van der Waals surface area contributed by atoms with E-state index in [-0.39, 0.29) is 30.3 Å². The number of nitrogens with one attached hydrogen (secondary N) is 1. The van der Waals surface area contributed by atoms with Crippen LogP contribution < -0.4 is 16.0 Å². The van der Waals surface area contributed by atoms with Gasteiger partial charge in [0, 0.05) is 43.3 Å². The van der Waals surface area contributed by atoms with Gasteiger partial charge in [-0.05, 0) is 43.5 Å². The van der Waals surface area contributed by atoms with Gasteiger partial charge in [0.25, 0.3) is 5.91 Å². The Morgan fingerprint density at radius 2 is 1.80 bits per heavy atom. The van der Waals surface area contributed by atoms with Gasteiger partial charge in [-0.25, -0.2) is 0 Å². The second-order valence-corrected chi connectivity index (χ2v) is 6.69. The van der Waals surface area contributed by atoms with Gasteiger partial charge in [-0.1, -0.05) is 0 Å². The quantitative estimate of drug-likeness (QED) is 0.813. The largest absolute Gasteiger partial charge is 0.369 e. The van der Waals surface area contributed by atoms with E-state index in [4.69, 9.17) is 5.73 Å². The number of nitrogens with zero attached hydrogens (tertiary/aromatic N) is 2. The molecule has 0 bridgehead atoms. The van der Waals surface area contributed by atoms with Crippen LogP contribution in [0.4, 0.5) is 5.69 Å². The smallest absolute Gasteiger partial charge is 0.251 e. The first-order valence-corrected chi connectivity index (χ1v) is 8.75. The van der Waals surface area contributed by atoms with Gasteiger partial charge in [0.2, 0.25) is 11.8 Å². The van der Waals surface area contributed by atoms with E-state index in [1.807, 2.05) is 17.0 Å². The van der Waals surface area contributed by atoms with Crippen LogP contribution in [0.25, 0.3) is 0 Å². The van der Waals surface area contributed by atoms with Crippen molar-refractivity contribution in [2.24, 2.45) is 5.73 Å². The second kappa shape index (κ2) is 7.65. The summed E-state index contributed by atoms with van der Waals surface area (Å²) in [5, 5.41) is 3.04. The molecule has 2 aliphatic rings. The zero-order valence-electron chi connectivity index (χ0n) is 14.2. The van der Waals surface area contributed by atoms with Crippen LogP contribution in [0.2, 0.25) is 0 Å². The number of carbonyl (C=O) groups excluding carboxylic acids is 3. The molecule has 2 saturated heterocycles. The Morgan fingerprint density at radius 1 is 1.12 bits per heavy atom. The number of rotatable bonds is 5. The van der Waals surface area contributed by atoms with Crippen LogP contribution in [0.15, 0.2) is 24.3 Å². The molecular weight excluding hydrogens is 320 g/mol. The Balaban J connectivity index is 1.52. The average molecular weight is 344 g/mol. The Kier molecular flexibility index (Phi) is 5.33. The highest BCUT2D eigenvalue weighted by molar-refractivity contribution is 5.97. The van der Waals surface area contributed by atoms with Crippen molar-refractivity contribution >= 4 is 23.4 Å². The lowest BCUT2D eigenvalue weighted by atomic mass is 10.0. The molecule has 0 saturated carbocycles. The Labute approximate surface area is 147 Å². The summed E-state index contributed by atoms with van der Waals surface area (Å²) in [6.45, 7) is 2.53. The van der Waals surface area contributed by atoms with Crippen molar-refractivity contribution in [3.05, 3.63) is 29.8 Å². The minimum Gasteiger partial charge on any atom is -0.369 e. The van der Waals surface area contributed by atoms with Gasteiger partial charge in [-0.2, -0.15) is 0 Å². The highest BCUT2D eigenvalue weighted by Crippen LogP contribution is 2.21. The first kappa shape index (κ1) is 17.4. The van der Waals surface area contributed by atoms with Crippen LogP contribution in [-0.2, 0) is 9.59 Å². The molecule has 1 aromatic rings. The van der Waals surface area contributed by atoms with Crippen molar-refractivity contribution in [1.29, 1.82) is 0 Å². The van der Waals surface area contributed by atoms with E-state index < -0.39 is 0 Å². The monoisotopic (exact) mass is 344 g/mol. The molecular formula is C18H24N4O3. The SMILES string of the molecule is NC(=O)CN1CCC(NC(=O)c2ccc(N3CCCC3=O)cc2)CC1. The fourth-order valence-electron chi connectivity index (χ4n) is 3.44. The predicted molar refractivity (Wildman–Crippen MR) is 94.2 cm³/mol. The molecule has 0 spiro atoms. The van der Waals surface area contributed by atoms with Crippen molar-refractivity contribution in [1.82, 2.24) is 10.2 Å². The number of likely N-dealkylation sites (tertiary alicyclic amines) is 1. The van der Waals surface area contributed by atoms with Crippen LogP contribution in [0, 0.1) is 0 Å². The van der Waals surface area contributed by atoms with Gasteiger partial charge in [0.05, 0.1) is 6.54 Å². The van der Waals surface area contributed by atoms with Crippen LogP contribution in [0.3, 0.4) is 0 Å². The molecule has 0 aliphatic carbocycles. The summed E-state index contributed by atoms with van der Waals surface area (Å²) in [7, 11) is 0. The van der Waals surface area contributed by atoms with Crippen molar-refractivity contribution in [2.75, 3.05) is 31.1 Å². The maximum atomic E-state index is 12.4. The molecule has 0 unspecified atom stereocenters. The number of hydrogen-bond donors (Lipinski definition) is 2. The van der Waals surface area contributed by atoms with E-state index in [0.717, 1.165) is 44.6 Å². The molecule has 2 aliphatic heterocycles. The van der Waals surface area contributed by atoms with Gasteiger partial charge in [0.1, 0.15) is 0 Å². The summed E-state index contributed by atoms with van der Waals surface area (Å²) in [5.74, 6) is -0.286. The van der Waals surface area contributed by atoms with E-state index in [1.165, 1.54) is 0 Å². The molecule has 1 aromatic carbocycles. The molecule has 2 heterocycles. The van der Waals surface area contributed by atoms with E-state index in [1.54, 1.807) is 17.0 Å². The number of hydrogen-bond acceptors (Lipinski definition) is 4. The fraction of sp³-hybridized carbons (Fsp3) is 0.500. The summed E-state index contributed by atoms with van der Waals surface area (Å²) in [6, 6.07) is 7.29. The topological polar surface area (TPSA) is 95.7 Å². The Hall–Kier alpha value is -2.41. The van der Waals surface area contributed by atoms with Crippen molar-refractivity contribution < 1.29 is 14.4 Å². The molecule has 7 heteroatoms. The molecule has 7 nitrogen and oxygen atoms in total. The fourth-order valence-corrected chi connectivity index (χ4v) is 3.44. The second-order valence-electron chi connectivity index (χ2n) is 6.69. The molecule has 0 atom stereocenters. The predicted octanol–water partition coefficient (Wildman–Crippen LogP) is 0.493. The van der Waals surface area contributed by atoms with Gasteiger partial charge < -0.3 is 16.0 Å². The molecule has 0 aromatic heterocycles. The van der Waals surface area contributed by atoms with E-state index in [0.29, 0.717) is 12.0 Å². The van der Waals surface area contributed by atoms with Gasteiger partial charge in [0.15, 0.2) is 0 Å². The number of primary amides is 1. The summed E-state index contributed by atoms with van der Waals surface area (Å²) in [5.41, 5.74) is 6.64. The van der Waals surface area contributed by atoms with Gasteiger partial charge in [-0.15, -0.1) is 0 Å². The van der Waals surface area contributed by atoms with Crippen molar-refractivity contribution in [3.8, 4) is 0 Å². The highest BCUT2D eigenvalue weighted by atomic mass is 16.2. The number of carbonyl (C=O) groups is 3. The number of nitrogens with two attached hydrogens (primary N) is 1. The van der Waals surface area contributed by atoms with E-state index >= 15 is 0 Å². The molecule has 134 valence electrons. The van der Waals surface area contributed by atoms with Gasteiger partial charge >= 0.3 is 0 Å². The van der Waals surface area contributed by atoms with Crippen LogP contribution in [0.5, 0.6) is 0 Å². The van der Waals surface area contributed by atoms with Crippen LogP contribution >= 0.6 is 0 Å². The molecule has 3 N–H and O–H groups in total. The average Bonchev–Trinajstić information content (AvgIpc) is 3.02. The Morgan fingerprint density at radius 3 is 2.36 bits per heavy atom. The van der Waals surface area contributed by atoms with E-state index in [9.17, 15) is 14.4 Å². The molecule has 3 rings (SSSR count). The number of anilines is 1. The molecule has 0 radical (unpaired) electrons. The summed E-state index contributed by atoms with van der Waals surface area (Å²) in [6.07, 6.45) is 3.09. The standard InChI is InChI=1S/C18H24N4O3/c19-16(23)12-21-10-7-14(8-11-21)20-18(25)13-3-5-15(6-4-13)22-9-1-2-17(22)24/h3-6,14H,1-2,7-12H2,(H2,19,23)(H,20,25). The first-order chi connectivity index (χ1) is 12.0. The lowest BCUT2D eigenvalue weighted by Crippen LogP contribution is -2.46. The number of amides is 3. The zero-order valence-corrected chi connectivity index (χ0v) is 14.2. The molecule has 25 heavy (non-hydrogen) atoms. The lowest BCUT2D eigenvalue weighted by Gasteiger charge is -2.31. The summed E-state index contributed by atoms with van der Waals surface area (Å²) >= 11 is 0. The van der Waals surface area contributed by atoms with E-state index in [2.05, 4.69) is 5.32 Å². The minimum atomic E-state index is -0.320. The number of benzene rings is 1. The van der Waals surface area contributed by atoms with Crippen LogP contribution in [0.1, 0.15) is 36.0 Å². The van der Waals surface area contributed by atoms with Crippen LogP contribution in [-0.4, -0.2) is 54.8 Å². The molecule has 3 amide bonds. The maximum absolute atomic E-state index is 12.4. The Bertz CT molecular complexity index is 651. The van der Waals surface area contributed by atoms with Gasteiger partial charge in [-0.3, -0.25) is 19.3 Å². The highest BCUT2D eigenvalue weighted by Gasteiger charge is 2.23. The lowest BCUT2D eigenvalue weighted by molar-refractivity contribution is -0.119. The zero-order chi connectivity index (χ0) is 17.8. The normalized spacial score (nSPS) is 19.2. The number of piperidine rings is 1. The van der Waals surface area contributed by atoms with Crippen molar-refractivity contribution in [2.45, 2.75) is 31.7 Å².